The van der Waals surface area contributed by atoms with Gasteiger partial charge in [0.05, 0.1) is 33.3 Å². The molecule has 4 nitrogen and oxygen atoms in total. The number of aromatic nitrogens is 2. The summed E-state index contributed by atoms with van der Waals surface area (Å²) in [6, 6.07) is 1.37. The summed E-state index contributed by atoms with van der Waals surface area (Å²) < 4.78 is 62.1. The van der Waals surface area contributed by atoms with Crippen molar-refractivity contribution in [2.75, 3.05) is 5.75 Å². The number of halogens is 5. The lowest BCUT2D eigenvalue weighted by atomic mass is 10.1. The Bertz CT molecular complexity index is 793. The van der Waals surface area contributed by atoms with Crippen LogP contribution in [0.3, 0.4) is 0 Å². The first-order chi connectivity index (χ1) is 10.1. The Morgan fingerprint density at radius 1 is 1.23 bits per heavy atom. The molecule has 0 spiro atoms. The fraction of sp³-hybridized carbons (Fsp3) is 0.250. The van der Waals surface area contributed by atoms with E-state index in [1.165, 1.54) is 6.92 Å². The third-order valence-corrected chi connectivity index (χ3v) is 5.28. The predicted molar refractivity (Wildman–Crippen MR) is 76.8 cm³/mol. The van der Waals surface area contributed by atoms with Crippen molar-refractivity contribution in [3.05, 3.63) is 33.9 Å². The van der Waals surface area contributed by atoms with Crippen LogP contribution in [0.1, 0.15) is 12.5 Å². The molecule has 0 fully saturated rings. The van der Waals surface area contributed by atoms with Crippen molar-refractivity contribution in [1.82, 2.24) is 10.2 Å². The predicted octanol–water partition coefficient (Wildman–Crippen LogP) is 4.20. The zero-order valence-electron chi connectivity index (χ0n) is 11.0. The molecule has 0 aliphatic heterocycles. The SMILES string of the molecule is CCS(=O)(=O)c1cn[nH]c1-c1c(Cl)cc(C(F)(F)F)cc1Cl. The van der Waals surface area contributed by atoms with Gasteiger partial charge in [-0.25, -0.2) is 8.42 Å². The van der Waals surface area contributed by atoms with E-state index < -0.39 is 21.6 Å². The van der Waals surface area contributed by atoms with Crippen LogP contribution in [0.25, 0.3) is 11.3 Å². The molecule has 0 bridgehead atoms. The second-order valence-electron chi connectivity index (χ2n) is 4.33. The summed E-state index contributed by atoms with van der Waals surface area (Å²) >= 11 is 11.7. The molecule has 0 aliphatic carbocycles. The second kappa shape index (κ2) is 5.75. The van der Waals surface area contributed by atoms with E-state index in [2.05, 4.69) is 10.2 Å². The molecule has 0 atom stereocenters. The van der Waals surface area contributed by atoms with Crippen LogP contribution < -0.4 is 0 Å². The molecule has 10 heteroatoms. The minimum absolute atomic E-state index is 0.0365. The van der Waals surface area contributed by atoms with Gasteiger partial charge in [-0.2, -0.15) is 18.3 Å². The lowest BCUT2D eigenvalue weighted by molar-refractivity contribution is -0.137. The van der Waals surface area contributed by atoms with Crippen LogP contribution in [-0.2, 0) is 16.0 Å². The Hall–Kier alpha value is -1.25. The van der Waals surface area contributed by atoms with E-state index in [1.807, 2.05) is 0 Å². The number of nitrogens with zero attached hydrogens (tertiary/aromatic N) is 1. The molecule has 0 saturated heterocycles. The van der Waals surface area contributed by atoms with Gasteiger partial charge in [0.25, 0.3) is 0 Å². The van der Waals surface area contributed by atoms with Gasteiger partial charge >= 0.3 is 6.18 Å². The lowest BCUT2D eigenvalue weighted by Crippen LogP contribution is -2.06. The molecule has 0 radical (unpaired) electrons. The highest BCUT2D eigenvalue weighted by Gasteiger charge is 2.33. The number of alkyl halides is 3. The van der Waals surface area contributed by atoms with Gasteiger partial charge in [0.1, 0.15) is 4.90 Å². The Morgan fingerprint density at radius 2 is 1.77 bits per heavy atom. The summed E-state index contributed by atoms with van der Waals surface area (Å²) in [7, 11) is -3.64. The summed E-state index contributed by atoms with van der Waals surface area (Å²) in [6.07, 6.45) is -3.55. The fourth-order valence-electron chi connectivity index (χ4n) is 1.82. The molecule has 0 unspecified atom stereocenters. The van der Waals surface area contributed by atoms with Gasteiger partial charge in [-0.15, -0.1) is 0 Å². The molecular weight excluding hydrogens is 364 g/mol. The first-order valence-electron chi connectivity index (χ1n) is 5.90. The van der Waals surface area contributed by atoms with Gasteiger partial charge in [-0.05, 0) is 12.1 Å². The Labute approximate surface area is 134 Å². The maximum absolute atomic E-state index is 12.7. The normalized spacial score (nSPS) is 12.6. The van der Waals surface area contributed by atoms with Crippen molar-refractivity contribution in [2.24, 2.45) is 0 Å². The first kappa shape index (κ1) is 17.1. The molecular formula is C12H9Cl2F3N2O2S. The highest BCUT2D eigenvalue weighted by molar-refractivity contribution is 7.91. The van der Waals surface area contributed by atoms with E-state index in [1.54, 1.807) is 0 Å². The number of aromatic amines is 1. The van der Waals surface area contributed by atoms with Crippen LogP contribution in [0, 0.1) is 0 Å². The summed E-state index contributed by atoms with van der Waals surface area (Å²) in [5.74, 6) is -0.199. The zero-order chi connectivity index (χ0) is 16.7. The molecule has 0 aliphatic rings. The quantitative estimate of drug-likeness (QED) is 0.877. The largest absolute Gasteiger partial charge is 0.416 e. The van der Waals surface area contributed by atoms with Crippen LogP contribution >= 0.6 is 23.2 Å². The third kappa shape index (κ3) is 3.09. The third-order valence-electron chi connectivity index (χ3n) is 2.94. The molecule has 1 heterocycles. The summed E-state index contributed by atoms with van der Waals surface area (Å²) in [5.41, 5.74) is -1.10. The monoisotopic (exact) mass is 372 g/mol. The summed E-state index contributed by atoms with van der Waals surface area (Å²) in [4.78, 5) is -0.168. The van der Waals surface area contributed by atoms with Crippen LogP contribution in [0.2, 0.25) is 10.0 Å². The van der Waals surface area contributed by atoms with E-state index in [-0.39, 0.29) is 32.0 Å². The second-order valence-corrected chi connectivity index (χ2v) is 7.39. The number of nitrogens with one attached hydrogen (secondary N) is 1. The average Bonchev–Trinajstić information content (AvgIpc) is 2.86. The number of rotatable bonds is 3. The average molecular weight is 373 g/mol. The van der Waals surface area contributed by atoms with Crippen molar-refractivity contribution < 1.29 is 21.6 Å². The molecule has 2 aromatic rings. The number of hydrogen-bond donors (Lipinski definition) is 1. The summed E-state index contributed by atoms with van der Waals surface area (Å²) in [6.45, 7) is 1.43. The van der Waals surface area contributed by atoms with Gasteiger partial charge in [0.15, 0.2) is 9.84 Å². The van der Waals surface area contributed by atoms with E-state index in [0.29, 0.717) is 12.1 Å². The van der Waals surface area contributed by atoms with Crippen LogP contribution in [0.15, 0.2) is 23.2 Å². The minimum Gasteiger partial charge on any atom is -0.276 e. The van der Waals surface area contributed by atoms with E-state index in [4.69, 9.17) is 23.2 Å². The number of hydrogen-bond acceptors (Lipinski definition) is 3. The highest BCUT2D eigenvalue weighted by atomic mass is 35.5. The molecule has 2 rings (SSSR count). The van der Waals surface area contributed by atoms with Gasteiger partial charge in [0, 0.05) is 5.56 Å². The smallest absolute Gasteiger partial charge is 0.276 e. The molecule has 0 amide bonds. The standard InChI is InChI=1S/C12H9Cl2F3N2O2S/c1-2-22(20,21)9-5-18-19-11(9)10-7(13)3-6(4-8(10)14)12(15,16)17/h3-5H,2H2,1H3,(H,18,19). The van der Waals surface area contributed by atoms with Crippen molar-refractivity contribution in [3.63, 3.8) is 0 Å². The maximum Gasteiger partial charge on any atom is 0.416 e. The van der Waals surface area contributed by atoms with E-state index in [9.17, 15) is 21.6 Å². The zero-order valence-corrected chi connectivity index (χ0v) is 13.3. The van der Waals surface area contributed by atoms with Crippen LogP contribution in [0.5, 0.6) is 0 Å². The topological polar surface area (TPSA) is 62.8 Å². The molecule has 0 saturated carbocycles. The molecule has 22 heavy (non-hydrogen) atoms. The van der Waals surface area contributed by atoms with Gasteiger partial charge < -0.3 is 0 Å². The van der Waals surface area contributed by atoms with Crippen molar-refractivity contribution in [1.29, 1.82) is 0 Å². The number of sulfone groups is 1. The Kier molecular flexibility index (Phi) is 4.47. The number of benzene rings is 1. The van der Waals surface area contributed by atoms with Crippen molar-refractivity contribution in [3.8, 4) is 11.3 Å². The van der Waals surface area contributed by atoms with Crippen LogP contribution in [-0.4, -0.2) is 24.4 Å². The Morgan fingerprint density at radius 3 is 2.23 bits per heavy atom. The van der Waals surface area contributed by atoms with Gasteiger partial charge in [0.2, 0.25) is 0 Å². The van der Waals surface area contributed by atoms with Gasteiger partial charge in [-0.1, -0.05) is 30.1 Å². The fourth-order valence-corrected chi connectivity index (χ4v) is 3.48. The van der Waals surface area contributed by atoms with Gasteiger partial charge in [-0.3, -0.25) is 5.10 Å². The summed E-state index contributed by atoms with van der Waals surface area (Å²) in [5, 5.41) is 5.40. The molecule has 1 aromatic carbocycles. The maximum atomic E-state index is 12.7. The lowest BCUT2D eigenvalue weighted by Gasteiger charge is -2.12. The van der Waals surface area contributed by atoms with Crippen molar-refractivity contribution in [2.45, 2.75) is 18.0 Å². The molecule has 1 N–H and O–H groups in total. The Balaban J connectivity index is 2.69. The minimum atomic E-state index is -4.61. The highest BCUT2D eigenvalue weighted by Crippen LogP contribution is 2.41. The van der Waals surface area contributed by atoms with Crippen molar-refractivity contribution >= 4 is 33.0 Å². The van der Waals surface area contributed by atoms with E-state index >= 15 is 0 Å². The molecule has 120 valence electrons. The first-order valence-corrected chi connectivity index (χ1v) is 8.31. The number of H-pyrrole nitrogens is 1. The van der Waals surface area contributed by atoms with Crippen LogP contribution in [0.4, 0.5) is 13.2 Å². The molecule has 1 aromatic heterocycles. The van der Waals surface area contributed by atoms with E-state index in [0.717, 1.165) is 6.20 Å².